The lowest BCUT2D eigenvalue weighted by molar-refractivity contribution is -0.122. The van der Waals surface area contributed by atoms with Gasteiger partial charge < -0.3 is 15.0 Å². The summed E-state index contributed by atoms with van der Waals surface area (Å²) in [6.07, 6.45) is 2.62. The second kappa shape index (κ2) is 9.36. The normalized spacial score (nSPS) is 15.1. The number of nitrogens with one attached hydrogen (secondary N) is 1. The molecule has 1 aromatic heterocycles. The first-order valence-electron chi connectivity index (χ1n) is 9.59. The van der Waals surface area contributed by atoms with Crippen LogP contribution in [0.1, 0.15) is 23.8 Å². The molecule has 2 amide bonds. The standard InChI is InChI=1S/C20H27N5O3/c1-3-21-19(26)15-23-10-4-11-24(14-13-23)20(27)18-9-12-25(22-18)16-5-7-17(28-2)8-6-16/h5-9,12H,3-4,10-11,13-15H2,1-2H3,(H,21,26). The summed E-state index contributed by atoms with van der Waals surface area (Å²) in [7, 11) is 1.62. The van der Waals surface area contributed by atoms with Gasteiger partial charge in [-0.2, -0.15) is 5.10 Å². The molecular weight excluding hydrogens is 358 g/mol. The highest BCUT2D eigenvalue weighted by Crippen LogP contribution is 2.15. The van der Waals surface area contributed by atoms with E-state index in [2.05, 4.69) is 15.3 Å². The first kappa shape index (κ1) is 19.9. The fraction of sp³-hybridized carbons (Fsp3) is 0.450. The molecule has 3 rings (SSSR count). The minimum absolute atomic E-state index is 0.0283. The van der Waals surface area contributed by atoms with E-state index in [0.717, 1.165) is 24.4 Å². The second-order valence-corrected chi connectivity index (χ2v) is 6.72. The van der Waals surface area contributed by atoms with E-state index in [4.69, 9.17) is 4.74 Å². The number of ether oxygens (including phenoxy) is 1. The molecule has 0 unspecified atom stereocenters. The molecule has 1 saturated heterocycles. The largest absolute Gasteiger partial charge is 0.497 e. The predicted molar refractivity (Wildman–Crippen MR) is 106 cm³/mol. The monoisotopic (exact) mass is 385 g/mol. The van der Waals surface area contributed by atoms with E-state index in [9.17, 15) is 9.59 Å². The Morgan fingerprint density at radius 1 is 1.11 bits per heavy atom. The van der Waals surface area contributed by atoms with Gasteiger partial charge in [0.05, 0.1) is 19.3 Å². The van der Waals surface area contributed by atoms with Crippen LogP contribution in [0.3, 0.4) is 0 Å². The van der Waals surface area contributed by atoms with Gasteiger partial charge in [-0.05, 0) is 43.7 Å². The van der Waals surface area contributed by atoms with E-state index in [1.165, 1.54) is 0 Å². The Kier molecular flexibility index (Phi) is 6.65. The van der Waals surface area contributed by atoms with Crippen LogP contribution in [-0.4, -0.2) is 77.8 Å². The van der Waals surface area contributed by atoms with Crippen LogP contribution in [0.25, 0.3) is 5.69 Å². The smallest absolute Gasteiger partial charge is 0.274 e. The van der Waals surface area contributed by atoms with Gasteiger partial charge in [0, 0.05) is 38.9 Å². The molecule has 0 aliphatic carbocycles. The molecule has 1 aliphatic rings. The zero-order valence-corrected chi connectivity index (χ0v) is 16.4. The molecule has 2 heterocycles. The molecule has 0 spiro atoms. The molecule has 1 aliphatic heterocycles. The Labute approximate surface area is 165 Å². The third-order valence-electron chi connectivity index (χ3n) is 4.76. The molecule has 150 valence electrons. The molecule has 0 radical (unpaired) electrons. The van der Waals surface area contributed by atoms with Gasteiger partial charge in [0.2, 0.25) is 5.91 Å². The molecular formula is C20H27N5O3. The van der Waals surface area contributed by atoms with Crippen LogP contribution in [0.5, 0.6) is 5.75 Å². The number of rotatable bonds is 6. The van der Waals surface area contributed by atoms with Crippen LogP contribution >= 0.6 is 0 Å². The molecule has 0 atom stereocenters. The summed E-state index contributed by atoms with van der Waals surface area (Å²) in [5.74, 6) is 0.724. The van der Waals surface area contributed by atoms with Gasteiger partial charge in [0.25, 0.3) is 5.91 Å². The molecule has 1 fully saturated rings. The summed E-state index contributed by atoms with van der Waals surface area (Å²) in [6, 6.07) is 9.24. The van der Waals surface area contributed by atoms with Crippen LogP contribution in [0.4, 0.5) is 0 Å². The number of methoxy groups -OCH3 is 1. The maximum atomic E-state index is 12.9. The highest BCUT2D eigenvalue weighted by atomic mass is 16.5. The number of aromatic nitrogens is 2. The van der Waals surface area contributed by atoms with Gasteiger partial charge in [0.15, 0.2) is 5.69 Å². The Bertz CT molecular complexity index is 802. The van der Waals surface area contributed by atoms with Crippen molar-refractivity contribution >= 4 is 11.8 Å². The summed E-state index contributed by atoms with van der Waals surface area (Å²) >= 11 is 0. The van der Waals surface area contributed by atoms with Crippen LogP contribution in [0, 0.1) is 0 Å². The Morgan fingerprint density at radius 2 is 1.89 bits per heavy atom. The van der Waals surface area contributed by atoms with Crippen molar-refractivity contribution in [2.24, 2.45) is 0 Å². The fourth-order valence-electron chi connectivity index (χ4n) is 3.27. The molecule has 0 saturated carbocycles. The number of amides is 2. The van der Waals surface area contributed by atoms with Gasteiger partial charge in [0.1, 0.15) is 5.75 Å². The first-order valence-corrected chi connectivity index (χ1v) is 9.59. The van der Waals surface area contributed by atoms with Crippen molar-refractivity contribution in [2.75, 3.05) is 46.4 Å². The predicted octanol–water partition coefficient (Wildman–Crippen LogP) is 1.16. The van der Waals surface area contributed by atoms with Crippen molar-refractivity contribution in [3.05, 3.63) is 42.2 Å². The first-order chi connectivity index (χ1) is 13.6. The van der Waals surface area contributed by atoms with Crippen molar-refractivity contribution in [3.8, 4) is 11.4 Å². The summed E-state index contributed by atoms with van der Waals surface area (Å²) < 4.78 is 6.85. The van der Waals surface area contributed by atoms with Gasteiger partial charge in [-0.1, -0.05) is 0 Å². The topological polar surface area (TPSA) is 79.7 Å². The van der Waals surface area contributed by atoms with E-state index in [1.807, 2.05) is 36.1 Å². The number of hydrogen-bond donors (Lipinski definition) is 1. The van der Waals surface area contributed by atoms with Crippen LogP contribution in [0.15, 0.2) is 36.5 Å². The zero-order valence-electron chi connectivity index (χ0n) is 16.4. The molecule has 1 N–H and O–H groups in total. The van der Waals surface area contributed by atoms with E-state index in [0.29, 0.717) is 38.4 Å². The summed E-state index contributed by atoms with van der Waals surface area (Å²) in [6.45, 7) is 5.67. The number of carbonyl (C=O) groups is 2. The summed E-state index contributed by atoms with van der Waals surface area (Å²) in [4.78, 5) is 28.6. The van der Waals surface area contributed by atoms with Crippen molar-refractivity contribution in [1.82, 2.24) is 24.9 Å². The lowest BCUT2D eigenvalue weighted by Gasteiger charge is -2.21. The number of nitrogens with zero attached hydrogens (tertiary/aromatic N) is 4. The lowest BCUT2D eigenvalue weighted by atomic mass is 10.3. The molecule has 1 aromatic carbocycles. The lowest BCUT2D eigenvalue weighted by Crippen LogP contribution is -2.40. The van der Waals surface area contributed by atoms with E-state index in [-0.39, 0.29) is 11.8 Å². The van der Waals surface area contributed by atoms with Crippen LogP contribution in [-0.2, 0) is 4.79 Å². The van der Waals surface area contributed by atoms with Crippen LogP contribution in [0.2, 0.25) is 0 Å². The highest BCUT2D eigenvalue weighted by molar-refractivity contribution is 5.92. The summed E-state index contributed by atoms with van der Waals surface area (Å²) in [5.41, 5.74) is 1.29. The fourth-order valence-corrected chi connectivity index (χ4v) is 3.27. The average Bonchev–Trinajstić information content (AvgIpc) is 3.09. The number of hydrogen-bond acceptors (Lipinski definition) is 5. The second-order valence-electron chi connectivity index (χ2n) is 6.72. The third kappa shape index (κ3) is 4.89. The van der Waals surface area contributed by atoms with Gasteiger partial charge in [-0.3, -0.25) is 14.5 Å². The molecule has 8 nitrogen and oxygen atoms in total. The van der Waals surface area contributed by atoms with E-state index in [1.54, 1.807) is 24.1 Å². The summed E-state index contributed by atoms with van der Waals surface area (Å²) in [5, 5.41) is 7.26. The van der Waals surface area contributed by atoms with E-state index >= 15 is 0 Å². The average molecular weight is 385 g/mol. The van der Waals surface area contributed by atoms with Gasteiger partial charge in [-0.25, -0.2) is 4.68 Å². The highest BCUT2D eigenvalue weighted by Gasteiger charge is 2.23. The quantitative estimate of drug-likeness (QED) is 0.807. The van der Waals surface area contributed by atoms with Gasteiger partial charge >= 0.3 is 0 Å². The SMILES string of the molecule is CCNC(=O)CN1CCCN(C(=O)c2ccn(-c3ccc(OC)cc3)n2)CC1. The maximum absolute atomic E-state index is 12.9. The van der Waals surface area contributed by atoms with Crippen molar-refractivity contribution in [2.45, 2.75) is 13.3 Å². The molecule has 0 bridgehead atoms. The number of carbonyl (C=O) groups excluding carboxylic acids is 2. The Morgan fingerprint density at radius 3 is 2.61 bits per heavy atom. The number of likely N-dealkylation sites (N-methyl/N-ethyl adjacent to an activating group) is 1. The molecule has 8 heteroatoms. The van der Waals surface area contributed by atoms with Gasteiger partial charge in [-0.15, -0.1) is 0 Å². The third-order valence-corrected chi connectivity index (χ3v) is 4.76. The van der Waals surface area contributed by atoms with Crippen molar-refractivity contribution < 1.29 is 14.3 Å². The zero-order chi connectivity index (χ0) is 19.9. The Hall–Kier alpha value is -2.87. The van der Waals surface area contributed by atoms with Crippen molar-refractivity contribution in [1.29, 1.82) is 0 Å². The molecule has 28 heavy (non-hydrogen) atoms. The number of benzene rings is 1. The minimum Gasteiger partial charge on any atom is -0.497 e. The van der Waals surface area contributed by atoms with Crippen molar-refractivity contribution in [3.63, 3.8) is 0 Å². The van der Waals surface area contributed by atoms with Crippen LogP contribution < -0.4 is 10.1 Å². The van der Waals surface area contributed by atoms with E-state index < -0.39 is 0 Å². The maximum Gasteiger partial charge on any atom is 0.274 e. The molecule has 2 aromatic rings. The minimum atomic E-state index is -0.0767. The Balaban J connectivity index is 1.61.